The molecule has 2 nitrogen and oxygen atoms in total. The van der Waals surface area contributed by atoms with Crippen LogP contribution in [0.2, 0.25) is 5.02 Å². The zero-order chi connectivity index (χ0) is 12.7. The van der Waals surface area contributed by atoms with Gasteiger partial charge in [0.25, 0.3) is 0 Å². The molecule has 1 rings (SSSR count). The second-order valence-corrected chi connectivity index (χ2v) is 4.60. The van der Waals surface area contributed by atoms with Gasteiger partial charge in [-0.1, -0.05) is 23.7 Å². The van der Waals surface area contributed by atoms with Crippen LogP contribution < -0.4 is 5.32 Å². The standard InChI is InChI=1S/C13H19ClN2S/c1-3-16(4-2)13(17)15-10-9-11-5-7-12(14)8-6-11/h5-8H,3-4,9-10H2,1-2H3,(H,15,17). The number of nitrogens with zero attached hydrogens (tertiary/aromatic N) is 1. The number of nitrogens with one attached hydrogen (secondary N) is 1. The third kappa shape index (κ3) is 4.92. The molecule has 0 saturated heterocycles. The molecule has 0 radical (unpaired) electrons. The van der Waals surface area contributed by atoms with Crippen LogP contribution in [-0.4, -0.2) is 29.6 Å². The lowest BCUT2D eigenvalue weighted by molar-refractivity contribution is 0.456. The van der Waals surface area contributed by atoms with Gasteiger partial charge < -0.3 is 10.2 Å². The molecule has 0 bridgehead atoms. The summed E-state index contributed by atoms with van der Waals surface area (Å²) in [5.74, 6) is 0. The highest BCUT2D eigenvalue weighted by Gasteiger charge is 2.03. The Bertz CT molecular complexity index is 347. The van der Waals surface area contributed by atoms with Crippen molar-refractivity contribution in [2.24, 2.45) is 0 Å². The zero-order valence-corrected chi connectivity index (χ0v) is 11.9. The number of halogens is 1. The maximum Gasteiger partial charge on any atom is 0.168 e. The van der Waals surface area contributed by atoms with Crippen LogP contribution in [0.3, 0.4) is 0 Å². The minimum atomic E-state index is 0.778. The van der Waals surface area contributed by atoms with E-state index in [4.69, 9.17) is 23.8 Å². The first kappa shape index (κ1) is 14.3. The lowest BCUT2D eigenvalue weighted by Gasteiger charge is -2.22. The Morgan fingerprint density at radius 3 is 2.35 bits per heavy atom. The smallest absolute Gasteiger partial charge is 0.168 e. The van der Waals surface area contributed by atoms with Crippen LogP contribution in [0.15, 0.2) is 24.3 Å². The summed E-state index contributed by atoms with van der Waals surface area (Å²) in [4.78, 5) is 2.14. The van der Waals surface area contributed by atoms with E-state index in [1.54, 1.807) is 0 Å². The van der Waals surface area contributed by atoms with Crippen LogP contribution in [0.4, 0.5) is 0 Å². The van der Waals surface area contributed by atoms with E-state index in [2.05, 4.69) is 24.1 Å². The lowest BCUT2D eigenvalue weighted by atomic mass is 10.1. The summed E-state index contributed by atoms with van der Waals surface area (Å²) in [6.07, 6.45) is 0.957. The van der Waals surface area contributed by atoms with Gasteiger partial charge in [-0.15, -0.1) is 0 Å². The Hall–Kier alpha value is -0.800. The first-order valence-electron chi connectivity index (χ1n) is 5.94. The fourth-order valence-corrected chi connectivity index (χ4v) is 2.07. The Kier molecular flexibility index (Phi) is 6.30. The van der Waals surface area contributed by atoms with Gasteiger partial charge in [0.05, 0.1) is 0 Å². The van der Waals surface area contributed by atoms with Gasteiger partial charge in [-0.05, 0) is 50.2 Å². The highest BCUT2D eigenvalue weighted by atomic mass is 35.5. The van der Waals surface area contributed by atoms with Crippen LogP contribution in [-0.2, 0) is 6.42 Å². The maximum atomic E-state index is 5.83. The van der Waals surface area contributed by atoms with E-state index in [9.17, 15) is 0 Å². The molecule has 0 aliphatic heterocycles. The molecule has 0 fully saturated rings. The molecule has 1 N–H and O–H groups in total. The second kappa shape index (κ2) is 7.51. The van der Waals surface area contributed by atoms with Crippen molar-refractivity contribution in [2.45, 2.75) is 20.3 Å². The second-order valence-electron chi connectivity index (χ2n) is 3.78. The zero-order valence-electron chi connectivity index (χ0n) is 10.4. The number of hydrogen-bond acceptors (Lipinski definition) is 1. The quantitative estimate of drug-likeness (QED) is 0.828. The first-order valence-corrected chi connectivity index (χ1v) is 6.73. The van der Waals surface area contributed by atoms with Crippen molar-refractivity contribution in [1.29, 1.82) is 0 Å². The molecule has 0 saturated carbocycles. The van der Waals surface area contributed by atoms with Crippen LogP contribution >= 0.6 is 23.8 Å². The average Bonchev–Trinajstić information content (AvgIpc) is 2.33. The molecule has 0 aliphatic rings. The summed E-state index contributed by atoms with van der Waals surface area (Å²) < 4.78 is 0. The summed E-state index contributed by atoms with van der Waals surface area (Å²) in [7, 11) is 0. The monoisotopic (exact) mass is 270 g/mol. The molecule has 0 spiro atoms. The largest absolute Gasteiger partial charge is 0.362 e. The van der Waals surface area contributed by atoms with Crippen molar-refractivity contribution >= 4 is 28.9 Å². The molecule has 0 aliphatic carbocycles. The SMILES string of the molecule is CCN(CC)C(=S)NCCc1ccc(Cl)cc1. The highest BCUT2D eigenvalue weighted by molar-refractivity contribution is 7.80. The fourth-order valence-electron chi connectivity index (χ4n) is 1.59. The topological polar surface area (TPSA) is 15.3 Å². The van der Waals surface area contributed by atoms with Crippen LogP contribution in [0, 0.1) is 0 Å². The minimum absolute atomic E-state index is 0.778. The molecular weight excluding hydrogens is 252 g/mol. The van der Waals surface area contributed by atoms with E-state index in [-0.39, 0.29) is 0 Å². The highest BCUT2D eigenvalue weighted by Crippen LogP contribution is 2.09. The molecular formula is C13H19ClN2S. The first-order chi connectivity index (χ1) is 8.17. The van der Waals surface area contributed by atoms with Crippen LogP contribution in [0.1, 0.15) is 19.4 Å². The summed E-state index contributed by atoms with van der Waals surface area (Å²) in [6.45, 7) is 6.97. The van der Waals surface area contributed by atoms with Crippen molar-refractivity contribution in [3.05, 3.63) is 34.9 Å². The van der Waals surface area contributed by atoms with Gasteiger partial charge in [0.15, 0.2) is 5.11 Å². The number of hydrogen-bond donors (Lipinski definition) is 1. The number of rotatable bonds is 5. The lowest BCUT2D eigenvalue weighted by Crippen LogP contribution is -2.40. The Morgan fingerprint density at radius 2 is 1.82 bits per heavy atom. The Balaban J connectivity index is 2.32. The molecule has 94 valence electrons. The van der Waals surface area contributed by atoms with E-state index < -0.39 is 0 Å². The van der Waals surface area contributed by atoms with Crippen molar-refractivity contribution in [3.63, 3.8) is 0 Å². The van der Waals surface area contributed by atoms with E-state index >= 15 is 0 Å². The Morgan fingerprint density at radius 1 is 1.24 bits per heavy atom. The minimum Gasteiger partial charge on any atom is -0.362 e. The van der Waals surface area contributed by atoms with E-state index in [0.29, 0.717) is 0 Å². The van der Waals surface area contributed by atoms with Gasteiger partial charge in [0.2, 0.25) is 0 Å². The molecule has 0 aromatic heterocycles. The van der Waals surface area contributed by atoms with Crippen molar-refractivity contribution in [3.8, 4) is 0 Å². The normalized spacial score (nSPS) is 10.1. The predicted octanol–water partition coefficient (Wildman–Crippen LogP) is 3.10. The molecule has 0 heterocycles. The number of benzene rings is 1. The molecule has 17 heavy (non-hydrogen) atoms. The van der Waals surface area contributed by atoms with Gasteiger partial charge in [-0.2, -0.15) is 0 Å². The number of thiocarbonyl (C=S) groups is 1. The summed E-state index contributed by atoms with van der Waals surface area (Å²) >= 11 is 11.1. The van der Waals surface area contributed by atoms with Crippen LogP contribution in [0.25, 0.3) is 0 Å². The van der Waals surface area contributed by atoms with E-state index in [1.165, 1.54) is 5.56 Å². The van der Waals surface area contributed by atoms with Gasteiger partial charge in [0.1, 0.15) is 0 Å². The molecule has 0 atom stereocenters. The molecule has 1 aromatic carbocycles. The van der Waals surface area contributed by atoms with Crippen molar-refractivity contribution in [2.75, 3.05) is 19.6 Å². The average molecular weight is 271 g/mol. The molecule has 0 unspecified atom stereocenters. The van der Waals surface area contributed by atoms with Gasteiger partial charge >= 0.3 is 0 Å². The van der Waals surface area contributed by atoms with Crippen molar-refractivity contribution in [1.82, 2.24) is 10.2 Å². The third-order valence-electron chi connectivity index (χ3n) is 2.65. The summed E-state index contributed by atoms with van der Waals surface area (Å²) in [5, 5.41) is 4.89. The molecule has 0 amide bonds. The summed E-state index contributed by atoms with van der Waals surface area (Å²) in [5.41, 5.74) is 1.27. The van der Waals surface area contributed by atoms with Gasteiger partial charge in [-0.3, -0.25) is 0 Å². The van der Waals surface area contributed by atoms with Crippen LogP contribution in [0.5, 0.6) is 0 Å². The molecule has 1 aromatic rings. The van der Waals surface area contributed by atoms with E-state index in [1.807, 2.05) is 24.3 Å². The molecule has 4 heteroatoms. The fraction of sp³-hybridized carbons (Fsp3) is 0.462. The third-order valence-corrected chi connectivity index (χ3v) is 3.31. The van der Waals surface area contributed by atoms with Gasteiger partial charge in [-0.25, -0.2) is 0 Å². The van der Waals surface area contributed by atoms with Crippen molar-refractivity contribution < 1.29 is 0 Å². The Labute approximate surface area is 114 Å². The van der Waals surface area contributed by atoms with E-state index in [0.717, 1.165) is 36.2 Å². The predicted molar refractivity (Wildman–Crippen MR) is 78.7 cm³/mol. The summed E-state index contributed by atoms with van der Waals surface area (Å²) in [6, 6.07) is 7.92. The van der Waals surface area contributed by atoms with Gasteiger partial charge in [0, 0.05) is 24.7 Å². The maximum absolute atomic E-state index is 5.83.